The zero-order valence-electron chi connectivity index (χ0n) is 15.5. The number of rotatable bonds is 2. The van der Waals surface area contributed by atoms with Gasteiger partial charge in [0.15, 0.2) is 0 Å². The summed E-state index contributed by atoms with van der Waals surface area (Å²) in [5, 5.41) is 21.1. The third kappa shape index (κ3) is 3.53. The Bertz CT molecular complexity index is 512. The van der Waals surface area contributed by atoms with E-state index in [-0.39, 0.29) is 18.4 Å². The normalized spacial score (nSPS) is 29.3. The molecule has 0 radical (unpaired) electrons. The van der Waals surface area contributed by atoms with Crippen LogP contribution in [0.4, 0.5) is 4.79 Å². The molecular weight excluding hydrogens is 310 g/mol. The molecule has 1 saturated carbocycles. The molecule has 0 spiro atoms. The Balaban J connectivity index is 2.17. The molecule has 1 heterocycles. The molecule has 138 valence electrons. The Labute approximate surface area is 144 Å². The van der Waals surface area contributed by atoms with Crippen LogP contribution in [-0.2, 0) is 9.53 Å². The summed E-state index contributed by atoms with van der Waals surface area (Å²) in [7, 11) is 0. The Morgan fingerprint density at radius 1 is 1.04 bits per heavy atom. The van der Waals surface area contributed by atoms with Crippen molar-refractivity contribution in [2.75, 3.05) is 13.1 Å². The number of carbonyl (C=O) groups is 2. The van der Waals surface area contributed by atoms with E-state index in [4.69, 9.17) is 4.74 Å². The molecule has 2 aliphatic rings. The third-order valence-corrected chi connectivity index (χ3v) is 5.66. The molecule has 1 atom stereocenters. The van der Waals surface area contributed by atoms with Crippen molar-refractivity contribution in [3.63, 3.8) is 0 Å². The van der Waals surface area contributed by atoms with E-state index in [0.29, 0.717) is 19.4 Å². The van der Waals surface area contributed by atoms with Gasteiger partial charge in [0.2, 0.25) is 0 Å². The van der Waals surface area contributed by atoms with Gasteiger partial charge in [-0.05, 0) is 58.3 Å². The minimum Gasteiger partial charge on any atom is -0.481 e. The quantitative estimate of drug-likeness (QED) is 0.806. The van der Waals surface area contributed by atoms with Crippen molar-refractivity contribution in [1.82, 2.24) is 4.90 Å². The van der Waals surface area contributed by atoms with Crippen LogP contribution in [0.25, 0.3) is 0 Å². The molecule has 1 saturated heterocycles. The van der Waals surface area contributed by atoms with Gasteiger partial charge in [-0.2, -0.15) is 0 Å². The van der Waals surface area contributed by atoms with Gasteiger partial charge >= 0.3 is 12.1 Å². The second-order valence-corrected chi connectivity index (χ2v) is 9.23. The Kier molecular flexibility index (Phi) is 4.68. The van der Waals surface area contributed by atoms with Crippen LogP contribution in [-0.4, -0.2) is 51.5 Å². The van der Waals surface area contributed by atoms with Gasteiger partial charge in [0.25, 0.3) is 0 Å². The van der Waals surface area contributed by atoms with Gasteiger partial charge in [0.1, 0.15) is 11.2 Å². The predicted molar refractivity (Wildman–Crippen MR) is 89.7 cm³/mol. The third-order valence-electron chi connectivity index (χ3n) is 5.66. The number of hydrogen-bond acceptors (Lipinski definition) is 4. The first-order chi connectivity index (χ1) is 10.8. The summed E-state index contributed by atoms with van der Waals surface area (Å²) in [5.41, 5.74) is -3.10. The van der Waals surface area contributed by atoms with Crippen molar-refractivity contribution in [2.45, 2.75) is 77.9 Å². The highest BCUT2D eigenvalue weighted by molar-refractivity contribution is 5.77. The molecule has 1 aliphatic carbocycles. The summed E-state index contributed by atoms with van der Waals surface area (Å²) in [4.78, 5) is 25.8. The first-order valence-electron chi connectivity index (χ1n) is 8.74. The van der Waals surface area contributed by atoms with Gasteiger partial charge in [0.05, 0.1) is 12.0 Å². The maximum absolute atomic E-state index is 12.3. The van der Waals surface area contributed by atoms with E-state index >= 15 is 0 Å². The molecule has 2 N–H and O–H groups in total. The minimum atomic E-state index is -1.40. The van der Waals surface area contributed by atoms with Gasteiger partial charge in [-0.15, -0.1) is 0 Å². The molecule has 0 aromatic carbocycles. The van der Waals surface area contributed by atoms with Crippen molar-refractivity contribution < 1.29 is 24.5 Å². The number of hydrogen-bond donors (Lipinski definition) is 2. The average Bonchev–Trinajstić information content (AvgIpc) is 2.81. The highest BCUT2D eigenvalue weighted by atomic mass is 16.6. The van der Waals surface area contributed by atoms with Crippen LogP contribution in [0.15, 0.2) is 0 Å². The van der Waals surface area contributed by atoms with Gasteiger partial charge in [-0.3, -0.25) is 4.79 Å². The second-order valence-electron chi connectivity index (χ2n) is 9.23. The van der Waals surface area contributed by atoms with Gasteiger partial charge in [-0.1, -0.05) is 13.8 Å². The highest BCUT2D eigenvalue weighted by Crippen LogP contribution is 2.53. The number of β-amino-alcohol motifs (C(OH)–C–C–N with tert-alkyl or cyclic N) is 1. The first kappa shape index (κ1) is 19.0. The first-order valence-corrected chi connectivity index (χ1v) is 8.74. The van der Waals surface area contributed by atoms with Gasteiger partial charge in [-0.25, -0.2) is 4.79 Å². The largest absolute Gasteiger partial charge is 0.481 e. The van der Waals surface area contributed by atoms with Crippen molar-refractivity contribution in [1.29, 1.82) is 0 Å². The SMILES string of the molecule is CC1(C)CCC(C(=O)O)(C2(O)CCN(C(=O)OC(C)(C)C)C2)CC1. The van der Waals surface area contributed by atoms with Crippen LogP contribution in [0, 0.1) is 10.8 Å². The molecule has 1 amide bonds. The molecule has 2 rings (SSSR count). The Hall–Kier alpha value is -1.30. The maximum Gasteiger partial charge on any atom is 0.410 e. The number of aliphatic carboxylic acids is 1. The van der Waals surface area contributed by atoms with Crippen LogP contribution < -0.4 is 0 Å². The van der Waals surface area contributed by atoms with Crippen molar-refractivity contribution in [3.8, 4) is 0 Å². The van der Waals surface area contributed by atoms with E-state index in [1.165, 1.54) is 4.90 Å². The zero-order chi connectivity index (χ0) is 18.4. The predicted octanol–water partition coefficient (Wildman–Crippen LogP) is 3.03. The molecule has 1 unspecified atom stereocenters. The Morgan fingerprint density at radius 2 is 1.58 bits per heavy atom. The number of carboxylic acids is 1. The van der Waals surface area contributed by atoms with E-state index in [1.807, 2.05) is 0 Å². The molecular formula is C18H31NO5. The van der Waals surface area contributed by atoms with E-state index in [0.717, 1.165) is 12.8 Å². The molecule has 1 aliphatic heterocycles. The number of carbonyl (C=O) groups excluding carboxylic acids is 1. The molecule has 24 heavy (non-hydrogen) atoms. The van der Waals surface area contributed by atoms with Crippen molar-refractivity contribution in [3.05, 3.63) is 0 Å². The lowest BCUT2D eigenvalue weighted by molar-refractivity contribution is -0.176. The smallest absolute Gasteiger partial charge is 0.410 e. The molecule has 6 heteroatoms. The monoisotopic (exact) mass is 341 g/mol. The Morgan fingerprint density at radius 3 is 2.04 bits per heavy atom. The molecule has 0 aromatic rings. The zero-order valence-corrected chi connectivity index (χ0v) is 15.5. The molecule has 0 bridgehead atoms. The lowest BCUT2D eigenvalue weighted by Crippen LogP contribution is -2.57. The second kappa shape index (κ2) is 5.90. The topological polar surface area (TPSA) is 87.1 Å². The average molecular weight is 341 g/mol. The maximum atomic E-state index is 12.3. The van der Waals surface area contributed by atoms with Crippen LogP contribution in [0.5, 0.6) is 0 Å². The van der Waals surface area contributed by atoms with E-state index in [2.05, 4.69) is 13.8 Å². The summed E-state index contributed by atoms with van der Waals surface area (Å²) in [5.74, 6) is -0.952. The minimum absolute atomic E-state index is 0.0225. The van der Waals surface area contributed by atoms with E-state index < -0.39 is 28.7 Å². The summed E-state index contributed by atoms with van der Waals surface area (Å²) in [6, 6.07) is 0. The number of amides is 1. The lowest BCUT2D eigenvalue weighted by Gasteiger charge is -2.48. The fraction of sp³-hybridized carbons (Fsp3) is 0.889. The number of carboxylic acid groups (broad SMARTS) is 1. The summed E-state index contributed by atoms with van der Waals surface area (Å²) in [6.07, 6.45) is 2.18. The fourth-order valence-corrected chi connectivity index (χ4v) is 3.90. The summed E-state index contributed by atoms with van der Waals surface area (Å²) in [6.45, 7) is 9.97. The van der Waals surface area contributed by atoms with Gasteiger partial charge in [0, 0.05) is 6.54 Å². The number of aliphatic hydroxyl groups is 1. The van der Waals surface area contributed by atoms with Crippen LogP contribution in [0.1, 0.15) is 66.7 Å². The standard InChI is InChI=1S/C18H31NO5/c1-15(2,3)24-14(22)19-11-10-18(23,12-19)17(13(20)21)8-6-16(4,5)7-9-17/h23H,6-12H2,1-5H3,(H,20,21). The number of likely N-dealkylation sites (tertiary alicyclic amines) is 1. The van der Waals surface area contributed by atoms with E-state index in [1.54, 1.807) is 20.8 Å². The number of nitrogens with zero attached hydrogens (tertiary/aromatic N) is 1. The van der Waals surface area contributed by atoms with Crippen LogP contribution in [0.2, 0.25) is 0 Å². The molecule has 2 fully saturated rings. The van der Waals surface area contributed by atoms with Crippen LogP contribution in [0.3, 0.4) is 0 Å². The van der Waals surface area contributed by atoms with Crippen LogP contribution >= 0.6 is 0 Å². The fourth-order valence-electron chi connectivity index (χ4n) is 3.90. The molecule has 6 nitrogen and oxygen atoms in total. The van der Waals surface area contributed by atoms with Crippen molar-refractivity contribution in [2.24, 2.45) is 10.8 Å². The highest BCUT2D eigenvalue weighted by Gasteiger charge is 2.60. The van der Waals surface area contributed by atoms with Gasteiger partial charge < -0.3 is 19.8 Å². The van der Waals surface area contributed by atoms with E-state index in [9.17, 15) is 19.8 Å². The molecule has 0 aromatic heterocycles. The summed E-state index contributed by atoms with van der Waals surface area (Å²) >= 11 is 0. The number of ether oxygens (including phenoxy) is 1. The van der Waals surface area contributed by atoms with Crippen molar-refractivity contribution >= 4 is 12.1 Å². The lowest BCUT2D eigenvalue weighted by atomic mass is 9.58. The summed E-state index contributed by atoms with van der Waals surface area (Å²) < 4.78 is 5.36.